The van der Waals surface area contributed by atoms with Crippen LogP contribution >= 0.6 is 0 Å². The summed E-state index contributed by atoms with van der Waals surface area (Å²) in [7, 11) is 0. The molecule has 0 aliphatic carbocycles. The van der Waals surface area contributed by atoms with Crippen LogP contribution in [0, 0.1) is 12.7 Å². The SMILES string of the molecule is Cc1ccc(F)c2[nH]c(C3=C(N4CC[C@H](NC(=O)OC(C)(C)C)C4)N(c4ccnc(C(N)=O)n4)CN=C3)nc12. The van der Waals surface area contributed by atoms with Gasteiger partial charge in [0, 0.05) is 25.5 Å². The lowest BCUT2D eigenvalue weighted by Crippen LogP contribution is -2.43. The summed E-state index contributed by atoms with van der Waals surface area (Å²) in [6.45, 7) is 8.54. The summed E-state index contributed by atoms with van der Waals surface area (Å²) in [5.74, 6) is 0.222. The van der Waals surface area contributed by atoms with Crippen molar-refractivity contribution in [2.24, 2.45) is 10.7 Å². The first-order chi connectivity index (χ1) is 18.5. The van der Waals surface area contributed by atoms with Gasteiger partial charge in [0.05, 0.1) is 17.1 Å². The number of amides is 2. The number of anilines is 1. The summed E-state index contributed by atoms with van der Waals surface area (Å²) in [6.07, 6.45) is 3.30. The number of nitrogens with two attached hydrogens (primary N) is 1. The van der Waals surface area contributed by atoms with Gasteiger partial charge in [0.1, 0.15) is 41.1 Å². The summed E-state index contributed by atoms with van der Waals surface area (Å²) < 4.78 is 20.1. The van der Waals surface area contributed by atoms with Crippen LogP contribution in [0.4, 0.5) is 15.0 Å². The van der Waals surface area contributed by atoms with E-state index >= 15 is 0 Å². The standard InChI is InChI=1S/C26H30FN9O3/c1-14-5-6-17(27)20-19(14)33-22(34-20)16-11-29-13-36(18-7-9-30-23(32-18)21(28)37)24(16)35-10-8-15(12-35)31-25(38)39-26(2,3)4/h5-7,9,11,15H,8,10,12-13H2,1-4H3,(H2,28,37)(H,31,38)(H,33,34)/t15-/m0/s1. The molecular formula is C26H30FN9O3. The summed E-state index contributed by atoms with van der Waals surface area (Å²) >= 11 is 0. The van der Waals surface area contributed by atoms with Gasteiger partial charge in [-0.15, -0.1) is 0 Å². The summed E-state index contributed by atoms with van der Waals surface area (Å²) in [5.41, 5.74) is 7.06. The molecule has 2 aromatic heterocycles. The second-order valence-corrected chi connectivity index (χ2v) is 10.5. The predicted octanol–water partition coefficient (Wildman–Crippen LogP) is 2.72. The van der Waals surface area contributed by atoms with Gasteiger partial charge in [-0.05, 0) is 51.8 Å². The highest BCUT2D eigenvalue weighted by Gasteiger charge is 2.34. The maximum atomic E-state index is 14.6. The number of hydrogen-bond acceptors (Lipinski definition) is 9. The summed E-state index contributed by atoms with van der Waals surface area (Å²) in [5, 5.41) is 2.94. The number of carbonyl (C=O) groups is 2. The molecule has 39 heavy (non-hydrogen) atoms. The van der Waals surface area contributed by atoms with Crippen molar-refractivity contribution >= 4 is 40.6 Å². The molecule has 1 fully saturated rings. The molecule has 0 saturated carbocycles. The first kappa shape index (κ1) is 26.1. The number of benzene rings is 1. The minimum atomic E-state index is -0.755. The van der Waals surface area contributed by atoms with Gasteiger partial charge in [-0.2, -0.15) is 0 Å². The Kier molecular flexibility index (Phi) is 6.66. The number of H-pyrrole nitrogens is 1. The molecule has 4 heterocycles. The molecule has 0 unspecified atom stereocenters. The number of halogens is 1. The number of aromatic nitrogens is 4. The second-order valence-electron chi connectivity index (χ2n) is 10.5. The Bertz CT molecular complexity index is 1470. The van der Waals surface area contributed by atoms with Crippen LogP contribution in [0.5, 0.6) is 0 Å². The average Bonchev–Trinajstić information content (AvgIpc) is 3.53. The third-order valence-corrected chi connectivity index (χ3v) is 6.34. The maximum Gasteiger partial charge on any atom is 0.407 e. The highest BCUT2D eigenvalue weighted by atomic mass is 19.1. The number of likely N-dealkylation sites (tertiary alicyclic amines) is 1. The van der Waals surface area contributed by atoms with Crippen LogP contribution in [-0.2, 0) is 4.74 Å². The predicted molar refractivity (Wildman–Crippen MR) is 143 cm³/mol. The van der Waals surface area contributed by atoms with E-state index in [1.165, 1.54) is 12.3 Å². The summed E-state index contributed by atoms with van der Waals surface area (Å²) in [6, 6.07) is 4.55. The van der Waals surface area contributed by atoms with Crippen LogP contribution in [0.1, 0.15) is 49.2 Å². The molecule has 13 heteroatoms. The Morgan fingerprint density at radius 2 is 2.03 bits per heavy atom. The second kappa shape index (κ2) is 9.97. The molecule has 4 N–H and O–H groups in total. The fourth-order valence-corrected chi connectivity index (χ4v) is 4.66. The molecule has 0 radical (unpaired) electrons. The molecule has 2 amide bonds. The normalized spacial score (nSPS) is 17.7. The molecule has 1 atom stereocenters. The van der Waals surface area contributed by atoms with Gasteiger partial charge < -0.3 is 25.7 Å². The molecule has 2 aliphatic rings. The Hall–Kier alpha value is -4.55. The van der Waals surface area contributed by atoms with E-state index in [-0.39, 0.29) is 18.5 Å². The number of aryl methyl sites for hydroxylation is 1. The number of hydrogen-bond donors (Lipinski definition) is 3. The fourth-order valence-electron chi connectivity index (χ4n) is 4.66. The van der Waals surface area contributed by atoms with Crippen molar-refractivity contribution in [1.82, 2.24) is 30.2 Å². The quantitative estimate of drug-likeness (QED) is 0.451. The van der Waals surface area contributed by atoms with E-state index in [0.29, 0.717) is 53.6 Å². The van der Waals surface area contributed by atoms with E-state index in [2.05, 4.69) is 30.2 Å². The van der Waals surface area contributed by atoms with Crippen LogP contribution in [-0.4, -0.2) is 74.5 Å². The smallest absolute Gasteiger partial charge is 0.407 e. The number of ether oxygens (including phenoxy) is 1. The molecule has 1 aromatic carbocycles. The number of aromatic amines is 1. The Labute approximate surface area is 224 Å². The number of carbonyl (C=O) groups excluding carboxylic acids is 2. The number of nitrogens with zero attached hydrogens (tertiary/aromatic N) is 6. The first-order valence-electron chi connectivity index (χ1n) is 12.5. The number of aliphatic imine (C=N–C) groups is 1. The number of alkyl carbamates (subject to hydrolysis) is 1. The highest BCUT2D eigenvalue weighted by Crippen LogP contribution is 2.32. The van der Waals surface area contributed by atoms with Crippen LogP contribution < -0.4 is 16.0 Å². The highest BCUT2D eigenvalue weighted by molar-refractivity contribution is 6.12. The number of fused-ring (bicyclic) bond motifs is 1. The van der Waals surface area contributed by atoms with Crippen LogP contribution in [0.2, 0.25) is 0 Å². The largest absolute Gasteiger partial charge is 0.444 e. The fraction of sp³-hybridized carbons (Fsp3) is 0.385. The van der Waals surface area contributed by atoms with Gasteiger partial charge in [0.15, 0.2) is 0 Å². The summed E-state index contributed by atoms with van der Waals surface area (Å²) in [4.78, 5) is 48.7. The molecule has 0 spiro atoms. The van der Waals surface area contributed by atoms with E-state index in [1.54, 1.807) is 18.3 Å². The van der Waals surface area contributed by atoms with Gasteiger partial charge in [0.2, 0.25) is 5.82 Å². The lowest BCUT2D eigenvalue weighted by molar-refractivity contribution is 0.0506. The Morgan fingerprint density at radius 3 is 2.74 bits per heavy atom. The topological polar surface area (TPSA) is 155 Å². The molecular weight excluding hydrogens is 505 g/mol. The Balaban J connectivity index is 1.56. The minimum absolute atomic E-state index is 0.129. The number of imidazole rings is 1. The van der Waals surface area contributed by atoms with E-state index in [0.717, 1.165) is 5.56 Å². The molecule has 2 aliphatic heterocycles. The Morgan fingerprint density at radius 1 is 1.23 bits per heavy atom. The van der Waals surface area contributed by atoms with E-state index < -0.39 is 23.4 Å². The maximum absolute atomic E-state index is 14.6. The molecule has 5 rings (SSSR count). The van der Waals surface area contributed by atoms with Gasteiger partial charge >= 0.3 is 6.09 Å². The van der Waals surface area contributed by atoms with E-state index in [1.807, 2.05) is 32.6 Å². The van der Waals surface area contributed by atoms with Crippen molar-refractivity contribution in [1.29, 1.82) is 0 Å². The number of allylic oxidation sites excluding steroid dienone is 1. The third kappa shape index (κ3) is 5.38. The van der Waals surface area contributed by atoms with Crippen LogP contribution in [0.25, 0.3) is 16.6 Å². The van der Waals surface area contributed by atoms with Crippen molar-refractivity contribution in [2.45, 2.75) is 45.8 Å². The number of rotatable bonds is 5. The first-order valence-corrected chi connectivity index (χ1v) is 12.5. The van der Waals surface area contributed by atoms with Crippen molar-refractivity contribution in [3.63, 3.8) is 0 Å². The van der Waals surface area contributed by atoms with Crippen molar-refractivity contribution in [3.05, 3.63) is 53.2 Å². The van der Waals surface area contributed by atoms with Crippen LogP contribution in [0.3, 0.4) is 0 Å². The van der Waals surface area contributed by atoms with Crippen molar-refractivity contribution in [2.75, 3.05) is 24.7 Å². The minimum Gasteiger partial charge on any atom is -0.444 e. The van der Waals surface area contributed by atoms with Crippen molar-refractivity contribution in [3.8, 4) is 0 Å². The molecule has 3 aromatic rings. The molecule has 204 valence electrons. The molecule has 12 nitrogen and oxygen atoms in total. The zero-order chi connectivity index (χ0) is 27.9. The van der Waals surface area contributed by atoms with Gasteiger partial charge in [-0.3, -0.25) is 14.7 Å². The van der Waals surface area contributed by atoms with Gasteiger partial charge in [-0.25, -0.2) is 24.1 Å². The zero-order valence-corrected chi connectivity index (χ0v) is 22.2. The monoisotopic (exact) mass is 535 g/mol. The van der Waals surface area contributed by atoms with E-state index in [9.17, 15) is 14.0 Å². The van der Waals surface area contributed by atoms with Crippen molar-refractivity contribution < 1.29 is 18.7 Å². The third-order valence-electron chi connectivity index (χ3n) is 6.34. The zero-order valence-electron chi connectivity index (χ0n) is 22.2. The van der Waals surface area contributed by atoms with Crippen LogP contribution in [0.15, 0.2) is 35.2 Å². The molecule has 0 bridgehead atoms. The number of nitrogens with one attached hydrogen (secondary N) is 2. The van der Waals surface area contributed by atoms with Gasteiger partial charge in [0.25, 0.3) is 5.91 Å². The number of primary amides is 1. The average molecular weight is 536 g/mol. The van der Waals surface area contributed by atoms with Gasteiger partial charge in [-0.1, -0.05) is 6.07 Å². The lowest BCUT2D eigenvalue weighted by Gasteiger charge is -2.35. The van der Waals surface area contributed by atoms with E-state index in [4.69, 9.17) is 15.5 Å². The molecule has 1 saturated heterocycles. The lowest BCUT2D eigenvalue weighted by atomic mass is 10.2.